The van der Waals surface area contributed by atoms with Crippen molar-refractivity contribution in [2.45, 2.75) is 24.6 Å². The van der Waals surface area contributed by atoms with Crippen molar-refractivity contribution < 1.29 is 12.8 Å². The standard InChI is InChI=1S/C14H21N5O3S2/c1-10-11(2)22-12(19-10)9-17-14(15-3)16-6-7-18-24(20,21)13-5-4-8-23-13/h4-5,8,18H,6-7,9H2,1-3H3,(H2,15,16,17). The van der Waals surface area contributed by atoms with Crippen LogP contribution >= 0.6 is 11.3 Å². The lowest BCUT2D eigenvalue weighted by Gasteiger charge is -2.11. The van der Waals surface area contributed by atoms with Crippen molar-refractivity contribution >= 4 is 27.3 Å². The van der Waals surface area contributed by atoms with Crippen molar-refractivity contribution in [2.24, 2.45) is 4.99 Å². The number of hydrogen-bond acceptors (Lipinski definition) is 6. The Labute approximate surface area is 145 Å². The number of guanidine groups is 1. The molecule has 24 heavy (non-hydrogen) atoms. The molecule has 10 heteroatoms. The Morgan fingerprint density at radius 3 is 2.71 bits per heavy atom. The summed E-state index contributed by atoms with van der Waals surface area (Å²) in [5.41, 5.74) is 0.859. The lowest BCUT2D eigenvalue weighted by atomic mass is 10.4. The number of rotatable bonds is 7. The van der Waals surface area contributed by atoms with Crippen molar-refractivity contribution in [1.82, 2.24) is 20.3 Å². The van der Waals surface area contributed by atoms with Gasteiger partial charge in [0, 0.05) is 20.1 Å². The summed E-state index contributed by atoms with van der Waals surface area (Å²) in [6, 6.07) is 3.27. The molecule has 0 aromatic carbocycles. The van der Waals surface area contributed by atoms with Crippen LogP contribution < -0.4 is 15.4 Å². The van der Waals surface area contributed by atoms with Crippen molar-refractivity contribution in [3.63, 3.8) is 0 Å². The summed E-state index contributed by atoms with van der Waals surface area (Å²) in [5.74, 6) is 1.91. The van der Waals surface area contributed by atoms with E-state index in [-0.39, 0.29) is 6.54 Å². The van der Waals surface area contributed by atoms with Crippen LogP contribution in [0.1, 0.15) is 17.3 Å². The topological polar surface area (TPSA) is 109 Å². The van der Waals surface area contributed by atoms with E-state index in [4.69, 9.17) is 4.42 Å². The molecule has 2 aromatic heterocycles. The lowest BCUT2D eigenvalue weighted by Crippen LogP contribution is -2.41. The van der Waals surface area contributed by atoms with Crippen LogP contribution in [-0.4, -0.2) is 39.5 Å². The summed E-state index contributed by atoms with van der Waals surface area (Å²) in [7, 11) is -1.80. The predicted molar refractivity (Wildman–Crippen MR) is 93.7 cm³/mol. The molecule has 0 spiro atoms. The normalized spacial score (nSPS) is 12.4. The van der Waals surface area contributed by atoms with Crippen LogP contribution in [-0.2, 0) is 16.6 Å². The number of hydrogen-bond donors (Lipinski definition) is 3. The summed E-state index contributed by atoms with van der Waals surface area (Å²) in [5, 5.41) is 7.81. The van der Waals surface area contributed by atoms with Gasteiger partial charge in [-0.05, 0) is 25.3 Å². The summed E-state index contributed by atoms with van der Waals surface area (Å²) in [4.78, 5) is 8.34. The third-order valence-corrected chi connectivity index (χ3v) is 6.03. The van der Waals surface area contributed by atoms with E-state index < -0.39 is 10.0 Å². The number of aryl methyl sites for hydroxylation is 2. The third kappa shape index (κ3) is 5.05. The van der Waals surface area contributed by atoms with Gasteiger partial charge in [-0.3, -0.25) is 4.99 Å². The highest BCUT2D eigenvalue weighted by molar-refractivity contribution is 7.91. The minimum absolute atomic E-state index is 0.248. The van der Waals surface area contributed by atoms with Crippen molar-refractivity contribution in [2.75, 3.05) is 20.1 Å². The van der Waals surface area contributed by atoms with Crippen LogP contribution in [0, 0.1) is 13.8 Å². The Bertz CT molecular complexity index is 762. The molecule has 0 unspecified atom stereocenters. The molecule has 0 radical (unpaired) electrons. The maximum atomic E-state index is 12.0. The van der Waals surface area contributed by atoms with Gasteiger partial charge in [0.2, 0.25) is 15.9 Å². The van der Waals surface area contributed by atoms with Gasteiger partial charge in [0.15, 0.2) is 5.96 Å². The average Bonchev–Trinajstić information content (AvgIpc) is 3.18. The number of oxazole rings is 1. The second-order valence-corrected chi connectivity index (χ2v) is 7.87. The van der Waals surface area contributed by atoms with Gasteiger partial charge in [-0.1, -0.05) is 6.07 Å². The molecule has 0 aliphatic carbocycles. The highest BCUT2D eigenvalue weighted by atomic mass is 32.2. The zero-order valence-corrected chi connectivity index (χ0v) is 15.4. The molecule has 0 bridgehead atoms. The zero-order chi connectivity index (χ0) is 17.6. The van der Waals surface area contributed by atoms with Gasteiger partial charge < -0.3 is 15.1 Å². The highest BCUT2D eigenvalue weighted by Crippen LogP contribution is 2.14. The van der Waals surface area contributed by atoms with Gasteiger partial charge in [-0.15, -0.1) is 11.3 Å². The Morgan fingerprint density at radius 2 is 2.12 bits per heavy atom. The SMILES string of the molecule is CN=C(NCCNS(=O)(=O)c1cccs1)NCc1nc(C)c(C)o1. The fraction of sp³-hybridized carbons (Fsp3) is 0.429. The molecular weight excluding hydrogens is 350 g/mol. The highest BCUT2D eigenvalue weighted by Gasteiger charge is 2.13. The van der Waals surface area contributed by atoms with E-state index in [2.05, 4.69) is 25.3 Å². The van der Waals surface area contributed by atoms with E-state index in [9.17, 15) is 8.42 Å². The Balaban J connectivity index is 1.74. The van der Waals surface area contributed by atoms with Gasteiger partial charge in [0.25, 0.3) is 0 Å². The van der Waals surface area contributed by atoms with Crippen molar-refractivity contribution in [3.8, 4) is 0 Å². The fourth-order valence-electron chi connectivity index (χ4n) is 1.85. The molecule has 0 aliphatic rings. The number of nitrogens with one attached hydrogen (secondary N) is 3. The summed E-state index contributed by atoms with van der Waals surface area (Å²) in [6.45, 7) is 4.79. The molecule has 0 saturated heterocycles. The number of aromatic nitrogens is 1. The van der Waals surface area contributed by atoms with Crippen LogP contribution in [0.5, 0.6) is 0 Å². The van der Waals surface area contributed by atoms with Crippen LogP contribution in [0.15, 0.2) is 31.1 Å². The second-order valence-electron chi connectivity index (χ2n) is 4.93. The molecule has 8 nitrogen and oxygen atoms in total. The first-order chi connectivity index (χ1) is 11.4. The predicted octanol–water partition coefficient (Wildman–Crippen LogP) is 0.996. The van der Waals surface area contributed by atoms with E-state index in [0.717, 1.165) is 11.5 Å². The summed E-state index contributed by atoms with van der Waals surface area (Å²) >= 11 is 1.18. The van der Waals surface area contributed by atoms with Gasteiger partial charge in [-0.25, -0.2) is 18.1 Å². The first kappa shape index (κ1) is 18.4. The number of nitrogens with zero attached hydrogens (tertiary/aromatic N) is 2. The van der Waals surface area contributed by atoms with Crippen LogP contribution in [0.4, 0.5) is 0 Å². The van der Waals surface area contributed by atoms with Crippen molar-refractivity contribution in [1.29, 1.82) is 0 Å². The smallest absolute Gasteiger partial charge is 0.250 e. The van der Waals surface area contributed by atoms with E-state index in [1.54, 1.807) is 24.6 Å². The Hall–Kier alpha value is -1.91. The molecule has 0 aliphatic heterocycles. The van der Waals surface area contributed by atoms with Crippen LogP contribution in [0.25, 0.3) is 0 Å². The van der Waals surface area contributed by atoms with Crippen LogP contribution in [0.3, 0.4) is 0 Å². The maximum Gasteiger partial charge on any atom is 0.250 e. The summed E-state index contributed by atoms with van der Waals surface area (Å²) < 4.78 is 32.2. The molecule has 3 N–H and O–H groups in total. The summed E-state index contributed by atoms with van der Waals surface area (Å²) in [6.07, 6.45) is 0. The van der Waals surface area contributed by atoms with Gasteiger partial charge in [-0.2, -0.15) is 0 Å². The van der Waals surface area contributed by atoms with E-state index in [1.165, 1.54) is 11.3 Å². The van der Waals surface area contributed by atoms with Crippen LogP contribution in [0.2, 0.25) is 0 Å². The molecule has 132 valence electrons. The van der Waals surface area contributed by atoms with Gasteiger partial charge in [0.05, 0.1) is 12.2 Å². The number of aliphatic imine (C=N–C) groups is 1. The quantitative estimate of drug-likeness (QED) is 0.381. The Kier molecular flexibility index (Phi) is 6.35. The largest absolute Gasteiger partial charge is 0.444 e. The molecule has 0 atom stereocenters. The second kappa shape index (κ2) is 8.27. The zero-order valence-electron chi connectivity index (χ0n) is 13.8. The maximum absolute atomic E-state index is 12.0. The number of sulfonamides is 1. The molecule has 2 aromatic rings. The molecule has 2 heterocycles. The number of thiophene rings is 1. The van der Waals surface area contributed by atoms with Crippen molar-refractivity contribution in [3.05, 3.63) is 34.9 Å². The van der Waals surface area contributed by atoms with Gasteiger partial charge in [0.1, 0.15) is 9.97 Å². The fourth-order valence-corrected chi connectivity index (χ4v) is 3.92. The lowest BCUT2D eigenvalue weighted by molar-refractivity contribution is 0.464. The molecule has 0 fully saturated rings. The van der Waals surface area contributed by atoms with E-state index >= 15 is 0 Å². The van der Waals surface area contributed by atoms with E-state index in [1.807, 2.05) is 13.8 Å². The van der Waals surface area contributed by atoms with Gasteiger partial charge >= 0.3 is 0 Å². The minimum Gasteiger partial charge on any atom is -0.444 e. The minimum atomic E-state index is -3.44. The Morgan fingerprint density at radius 1 is 1.33 bits per heavy atom. The van der Waals surface area contributed by atoms with E-state index in [0.29, 0.717) is 29.1 Å². The monoisotopic (exact) mass is 371 g/mol. The molecule has 0 amide bonds. The third-order valence-electron chi connectivity index (χ3n) is 3.17. The first-order valence-corrected chi connectivity index (χ1v) is 9.69. The first-order valence-electron chi connectivity index (χ1n) is 7.33. The molecule has 0 saturated carbocycles. The molecular formula is C14H21N5O3S2. The molecule has 2 rings (SSSR count). The average molecular weight is 371 g/mol.